The molecule has 0 radical (unpaired) electrons. The fraction of sp³-hybridized carbons (Fsp3) is 0.300. The molecule has 0 atom stereocenters. The molecule has 1 nitrogen and oxygen atoms in total. The van der Waals surface area contributed by atoms with Crippen LogP contribution in [0, 0.1) is 0 Å². The van der Waals surface area contributed by atoms with E-state index in [1.54, 1.807) is 11.9 Å². The van der Waals surface area contributed by atoms with E-state index in [1.165, 1.54) is 16.7 Å². The Morgan fingerprint density at radius 1 is 0.955 bits per heavy atom. The summed E-state index contributed by atoms with van der Waals surface area (Å²) in [5.74, 6) is 0. The average Bonchev–Trinajstić information content (AvgIpc) is 2.57. The van der Waals surface area contributed by atoms with Gasteiger partial charge >= 0.3 is 0 Å². The number of nitrogens with one attached hydrogen (secondary N) is 1. The molecule has 2 heteroatoms. The average molecular weight is 314 g/mol. The van der Waals surface area contributed by atoms with Crippen molar-refractivity contribution in [3.63, 3.8) is 0 Å². The molecule has 0 aliphatic rings. The molecule has 22 heavy (non-hydrogen) atoms. The maximum Gasteiger partial charge on any atom is 0.0310 e. The van der Waals surface area contributed by atoms with E-state index >= 15 is 0 Å². The summed E-state index contributed by atoms with van der Waals surface area (Å²) in [5, 5.41) is 0.586. The second-order valence-electron chi connectivity index (χ2n) is 5.03. The molecule has 118 valence electrons. The largest absolute Gasteiger partial charge is 0.259 e. The molecule has 2 rings (SSSR count). The Labute approximate surface area is 140 Å². The third-order valence-electron chi connectivity index (χ3n) is 3.00. The molecule has 0 fully saturated rings. The maximum atomic E-state index is 4.15. The van der Waals surface area contributed by atoms with E-state index in [0.29, 0.717) is 5.25 Å². The Morgan fingerprint density at radius 2 is 1.50 bits per heavy atom. The van der Waals surface area contributed by atoms with Crippen LogP contribution in [-0.2, 0) is 0 Å². The fourth-order valence-electron chi connectivity index (χ4n) is 1.93. The van der Waals surface area contributed by atoms with Crippen molar-refractivity contribution in [2.75, 3.05) is 6.54 Å². The topological polar surface area (TPSA) is 12.0 Å². The van der Waals surface area contributed by atoms with Gasteiger partial charge in [-0.05, 0) is 22.3 Å². The first-order chi connectivity index (χ1) is 10.7. The molecule has 1 N–H and O–H groups in total. The van der Waals surface area contributed by atoms with E-state index in [1.807, 2.05) is 19.9 Å². The molecule has 0 aromatic heterocycles. The number of hydrogen-bond donors (Lipinski definition) is 1. The Balaban J connectivity index is 0.00000116. The van der Waals surface area contributed by atoms with Gasteiger partial charge in [-0.15, -0.1) is 0 Å². The van der Waals surface area contributed by atoms with Gasteiger partial charge in [0.2, 0.25) is 0 Å². The highest BCUT2D eigenvalue weighted by molar-refractivity contribution is 7.98. The molecule has 0 bridgehead atoms. The lowest BCUT2D eigenvalue weighted by atomic mass is 10.0. The van der Waals surface area contributed by atoms with Crippen LogP contribution in [0.2, 0.25) is 0 Å². The van der Waals surface area contributed by atoms with Gasteiger partial charge < -0.3 is 0 Å². The standard InChI is InChI=1S/C18H21NS.C2H6/c1-14(2)20-19-13-15(3)16-9-11-18(12-10-16)17-7-5-4-6-8-17;1-2/h4-12,14,19H,3,13H2,1-2H3;1-2H3. The zero-order valence-corrected chi connectivity index (χ0v) is 14.9. The van der Waals surface area contributed by atoms with Crippen LogP contribution in [0.5, 0.6) is 0 Å². The van der Waals surface area contributed by atoms with Crippen molar-refractivity contribution in [1.82, 2.24) is 4.72 Å². The van der Waals surface area contributed by atoms with Gasteiger partial charge in [0.05, 0.1) is 0 Å². The van der Waals surface area contributed by atoms with E-state index in [0.717, 1.165) is 12.1 Å². The smallest absolute Gasteiger partial charge is 0.0310 e. The van der Waals surface area contributed by atoms with Gasteiger partial charge in [0.25, 0.3) is 0 Å². The molecule has 0 heterocycles. The second-order valence-corrected chi connectivity index (χ2v) is 6.50. The lowest BCUT2D eigenvalue weighted by Gasteiger charge is -2.10. The Hall–Kier alpha value is -1.51. The Bertz CT molecular complexity index is 544. The minimum absolute atomic E-state index is 0.586. The first kappa shape index (κ1) is 18.5. The maximum absolute atomic E-state index is 4.15. The van der Waals surface area contributed by atoms with Crippen LogP contribution >= 0.6 is 11.9 Å². The summed E-state index contributed by atoms with van der Waals surface area (Å²) in [7, 11) is 0. The first-order valence-corrected chi connectivity index (χ1v) is 8.77. The number of benzene rings is 2. The van der Waals surface area contributed by atoms with Crippen LogP contribution in [0.15, 0.2) is 61.2 Å². The van der Waals surface area contributed by atoms with Gasteiger partial charge in [0.1, 0.15) is 0 Å². The van der Waals surface area contributed by atoms with Gasteiger partial charge in [-0.1, -0.05) is 101 Å². The summed E-state index contributed by atoms with van der Waals surface area (Å²) in [5.41, 5.74) is 4.81. The summed E-state index contributed by atoms with van der Waals surface area (Å²) >= 11 is 1.74. The van der Waals surface area contributed by atoms with E-state index in [9.17, 15) is 0 Å². The third kappa shape index (κ3) is 6.08. The summed E-state index contributed by atoms with van der Waals surface area (Å²) in [6.07, 6.45) is 0. The van der Waals surface area contributed by atoms with Gasteiger partial charge in [0.15, 0.2) is 0 Å². The van der Waals surface area contributed by atoms with Crippen molar-refractivity contribution in [2.24, 2.45) is 0 Å². The summed E-state index contributed by atoms with van der Waals surface area (Å²) in [6.45, 7) is 13.3. The van der Waals surface area contributed by atoms with Crippen LogP contribution in [-0.4, -0.2) is 11.8 Å². The SMILES string of the molecule is C=C(CNSC(C)C)c1ccc(-c2ccccc2)cc1.CC. The molecule has 0 amide bonds. The molecule has 0 unspecified atom stereocenters. The predicted octanol–water partition coefficient (Wildman–Crippen LogP) is 6.04. The van der Waals surface area contributed by atoms with E-state index in [-0.39, 0.29) is 0 Å². The molecule has 0 aliphatic heterocycles. The Kier molecular flexibility index (Phi) is 8.64. The summed E-state index contributed by atoms with van der Waals surface area (Å²) in [6, 6.07) is 19.0. The van der Waals surface area contributed by atoms with Crippen molar-refractivity contribution in [1.29, 1.82) is 0 Å². The van der Waals surface area contributed by atoms with E-state index < -0.39 is 0 Å². The minimum atomic E-state index is 0.586. The van der Waals surface area contributed by atoms with Crippen LogP contribution in [0.3, 0.4) is 0 Å². The van der Waals surface area contributed by atoms with Gasteiger partial charge in [-0.3, -0.25) is 4.72 Å². The van der Waals surface area contributed by atoms with Crippen molar-refractivity contribution < 1.29 is 0 Å². The molecule has 0 spiro atoms. The van der Waals surface area contributed by atoms with Crippen LogP contribution in [0.4, 0.5) is 0 Å². The number of hydrogen-bond acceptors (Lipinski definition) is 2. The highest BCUT2D eigenvalue weighted by Gasteiger charge is 2.01. The molecule has 0 saturated heterocycles. The van der Waals surface area contributed by atoms with Crippen molar-refractivity contribution >= 4 is 17.5 Å². The van der Waals surface area contributed by atoms with Crippen LogP contribution in [0.1, 0.15) is 33.3 Å². The van der Waals surface area contributed by atoms with Crippen LogP contribution in [0.25, 0.3) is 16.7 Å². The normalized spacial score (nSPS) is 10.0. The summed E-state index contributed by atoms with van der Waals surface area (Å²) in [4.78, 5) is 0. The molecule has 0 saturated carbocycles. The molecule has 2 aromatic carbocycles. The quantitative estimate of drug-likeness (QED) is 0.652. The highest BCUT2D eigenvalue weighted by atomic mass is 32.2. The number of rotatable bonds is 6. The zero-order chi connectivity index (χ0) is 16.4. The van der Waals surface area contributed by atoms with Crippen LogP contribution < -0.4 is 4.72 Å². The molecule has 0 aliphatic carbocycles. The van der Waals surface area contributed by atoms with E-state index in [2.05, 4.69) is 73.7 Å². The minimum Gasteiger partial charge on any atom is -0.259 e. The summed E-state index contributed by atoms with van der Waals surface area (Å²) < 4.78 is 3.35. The van der Waals surface area contributed by atoms with Crippen molar-refractivity contribution in [3.05, 3.63) is 66.7 Å². The monoisotopic (exact) mass is 313 g/mol. The molecule has 2 aromatic rings. The zero-order valence-electron chi connectivity index (χ0n) is 14.1. The lowest BCUT2D eigenvalue weighted by Crippen LogP contribution is -2.10. The van der Waals surface area contributed by atoms with Gasteiger partial charge in [-0.25, -0.2) is 0 Å². The van der Waals surface area contributed by atoms with Crippen molar-refractivity contribution in [2.45, 2.75) is 32.9 Å². The lowest BCUT2D eigenvalue weighted by molar-refractivity contribution is 1.06. The first-order valence-electron chi connectivity index (χ1n) is 7.89. The predicted molar refractivity (Wildman–Crippen MR) is 103 cm³/mol. The van der Waals surface area contributed by atoms with E-state index in [4.69, 9.17) is 0 Å². The third-order valence-corrected chi connectivity index (χ3v) is 3.79. The molecular formula is C20H27NS. The van der Waals surface area contributed by atoms with Gasteiger partial charge in [0, 0.05) is 11.8 Å². The molecular weight excluding hydrogens is 286 g/mol. The highest BCUT2D eigenvalue weighted by Crippen LogP contribution is 2.21. The fourth-order valence-corrected chi connectivity index (χ4v) is 2.52. The van der Waals surface area contributed by atoms with Gasteiger partial charge in [-0.2, -0.15) is 0 Å². The second kappa shape index (κ2) is 10.3. The van der Waals surface area contributed by atoms with Crippen molar-refractivity contribution in [3.8, 4) is 11.1 Å². The Morgan fingerprint density at radius 3 is 2.05 bits per heavy atom.